The van der Waals surface area contributed by atoms with Crippen molar-refractivity contribution in [2.24, 2.45) is 5.92 Å². The van der Waals surface area contributed by atoms with E-state index in [2.05, 4.69) is 6.58 Å². The molecule has 2 saturated heterocycles. The Balaban J connectivity index is 2.16. The second kappa shape index (κ2) is 3.08. The molecule has 2 heterocycles. The number of likely N-dealkylation sites (tertiary alicyclic amines) is 1. The van der Waals surface area contributed by atoms with Gasteiger partial charge < -0.3 is 4.90 Å². The lowest BCUT2D eigenvalue weighted by molar-refractivity contribution is -0.125. The fourth-order valence-corrected chi connectivity index (χ4v) is 4.45. The van der Waals surface area contributed by atoms with E-state index in [4.69, 9.17) is 0 Å². The number of fused-ring (bicyclic) bond motifs is 1. The Morgan fingerprint density at radius 1 is 1.43 bits per heavy atom. The van der Waals surface area contributed by atoms with Crippen LogP contribution in [0.3, 0.4) is 0 Å². The standard InChI is InChI=1S/C9H13NO3S/c1-2-9(11)10-5-7-3-4-14(12,13)8(7)6-10/h2,7-8H,1,3-6H2/t7-,8+/m0/s1. The summed E-state index contributed by atoms with van der Waals surface area (Å²) >= 11 is 0. The summed E-state index contributed by atoms with van der Waals surface area (Å²) in [5, 5.41) is -0.314. The van der Waals surface area contributed by atoms with E-state index in [-0.39, 0.29) is 17.1 Å². The number of sulfone groups is 1. The van der Waals surface area contributed by atoms with Crippen molar-refractivity contribution in [3.63, 3.8) is 0 Å². The van der Waals surface area contributed by atoms with E-state index in [0.717, 1.165) is 0 Å². The van der Waals surface area contributed by atoms with Gasteiger partial charge in [-0.3, -0.25) is 4.79 Å². The van der Waals surface area contributed by atoms with Crippen molar-refractivity contribution in [1.29, 1.82) is 0 Å². The molecular weight excluding hydrogens is 202 g/mol. The Hall–Kier alpha value is -0.840. The van der Waals surface area contributed by atoms with Crippen LogP contribution in [0.2, 0.25) is 0 Å². The zero-order valence-corrected chi connectivity index (χ0v) is 8.66. The molecule has 0 radical (unpaired) electrons. The van der Waals surface area contributed by atoms with E-state index in [0.29, 0.717) is 25.3 Å². The van der Waals surface area contributed by atoms with Crippen molar-refractivity contribution in [2.45, 2.75) is 11.7 Å². The maximum absolute atomic E-state index is 11.5. The third-order valence-corrected chi connectivity index (χ3v) is 5.36. The summed E-state index contributed by atoms with van der Waals surface area (Å²) in [6.45, 7) is 4.33. The molecule has 5 heteroatoms. The predicted octanol–water partition coefficient (Wildman–Crippen LogP) is -0.182. The molecule has 0 N–H and O–H groups in total. The molecule has 0 aliphatic carbocycles. The van der Waals surface area contributed by atoms with Gasteiger partial charge in [-0.1, -0.05) is 6.58 Å². The summed E-state index contributed by atoms with van der Waals surface area (Å²) in [7, 11) is -2.93. The zero-order chi connectivity index (χ0) is 10.3. The molecule has 2 aliphatic heterocycles. The minimum atomic E-state index is -2.93. The quantitative estimate of drug-likeness (QED) is 0.570. The van der Waals surface area contributed by atoms with Crippen LogP contribution in [-0.2, 0) is 14.6 Å². The van der Waals surface area contributed by atoms with Crippen molar-refractivity contribution in [3.8, 4) is 0 Å². The lowest BCUT2D eigenvalue weighted by Gasteiger charge is -2.14. The van der Waals surface area contributed by atoms with Gasteiger partial charge in [0.05, 0.1) is 11.0 Å². The van der Waals surface area contributed by atoms with Crippen LogP contribution in [0.1, 0.15) is 6.42 Å². The summed E-state index contributed by atoms with van der Waals surface area (Å²) in [4.78, 5) is 12.9. The lowest BCUT2D eigenvalue weighted by Crippen LogP contribution is -2.30. The van der Waals surface area contributed by atoms with Gasteiger partial charge in [0.15, 0.2) is 9.84 Å². The molecule has 2 rings (SSSR count). The van der Waals surface area contributed by atoms with Gasteiger partial charge in [-0.05, 0) is 18.4 Å². The molecule has 0 saturated carbocycles. The summed E-state index contributed by atoms with van der Waals surface area (Å²) in [6, 6.07) is 0. The van der Waals surface area contributed by atoms with Crippen LogP contribution in [0.5, 0.6) is 0 Å². The molecule has 0 aromatic rings. The van der Waals surface area contributed by atoms with Crippen LogP contribution in [0, 0.1) is 5.92 Å². The first kappa shape index (κ1) is 9.71. The summed E-state index contributed by atoms with van der Waals surface area (Å²) in [5.74, 6) is 0.289. The second-order valence-corrected chi connectivity index (χ2v) is 6.24. The highest BCUT2D eigenvalue weighted by Crippen LogP contribution is 2.33. The van der Waals surface area contributed by atoms with Crippen molar-refractivity contribution >= 4 is 15.7 Å². The van der Waals surface area contributed by atoms with Gasteiger partial charge >= 0.3 is 0 Å². The SMILES string of the molecule is C=CC(=O)N1C[C@@H]2CCS(=O)(=O)[C@@H]2C1. The maximum atomic E-state index is 11.5. The third-order valence-electron chi connectivity index (χ3n) is 3.10. The molecule has 0 bridgehead atoms. The van der Waals surface area contributed by atoms with E-state index in [1.165, 1.54) is 6.08 Å². The van der Waals surface area contributed by atoms with E-state index in [1.54, 1.807) is 4.90 Å². The van der Waals surface area contributed by atoms with Crippen molar-refractivity contribution in [2.75, 3.05) is 18.8 Å². The molecular formula is C9H13NO3S. The lowest BCUT2D eigenvalue weighted by atomic mass is 10.1. The van der Waals surface area contributed by atoms with Crippen LogP contribution < -0.4 is 0 Å². The Morgan fingerprint density at radius 2 is 2.14 bits per heavy atom. The molecule has 78 valence electrons. The molecule has 4 nitrogen and oxygen atoms in total. The Kier molecular flexibility index (Phi) is 2.14. The summed E-state index contributed by atoms with van der Waals surface area (Å²) < 4.78 is 23.1. The molecule has 14 heavy (non-hydrogen) atoms. The van der Waals surface area contributed by atoms with Crippen LogP contribution in [0.15, 0.2) is 12.7 Å². The van der Waals surface area contributed by atoms with Crippen molar-refractivity contribution in [3.05, 3.63) is 12.7 Å². The number of rotatable bonds is 1. The van der Waals surface area contributed by atoms with Gasteiger partial charge in [-0.25, -0.2) is 8.42 Å². The normalized spacial score (nSPS) is 34.1. The Morgan fingerprint density at radius 3 is 2.71 bits per heavy atom. The second-order valence-electron chi connectivity index (χ2n) is 3.90. The van der Waals surface area contributed by atoms with Gasteiger partial charge in [0.25, 0.3) is 0 Å². The monoisotopic (exact) mass is 215 g/mol. The van der Waals surface area contributed by atoms with E-state index < -0.39 is 9.84 Å². The fourth-order valence-electron chi connectivity index (χ4n) is 2.30. The van der Waals surface area contributed by atoms with Gasteiger partial charge in [0.1, 0.15) is 0 Å². The molecule has 0 spiro atoms. The molecule has 0 aromatic heterocycles. The topological polar surface area (TPSA) is 54.5 Å². The van der Waals surface area contributed by atoms with E-state index in [9.17, 15) is 13.2 Å². The van der Waals surface area contributed by atoms with Crippen molar-refractivity contribution < 1.29 is 13.2 Å². The largest absolute Gasteiger partial charge is 0.338 e. The first-order chi connectivity index (χ1) is 6.54. The van der Waals surface area contributed by atoms with Crippen LogP contribution in [0.25, 0.3) is 0 Å². The maximum Gasteiger partial charge on any atom is 0.246 e. The van der Waals surface area contributed by atoms with E-state index >= 15 is 0 Å². The van der Waals surface area contributed by atoms with Crippen molar-refractivity contribution in [1.82, 2.24) is 4.90 Å². The predicted molar refractivity (Wildman–Crippen MR) is 52.5 cm³/mol. The first-order valence-electron chi connectivity index (χ1n) is 4.67. The summed E-state index contributed by atoms with van der Waals surface area (Å²) in [5.41, 5.74) is 0. The average molecular weight is 215 g/mol. The Labute approximate surface area is 83.5 Å². The molecule has 2 aliphatic rings. The number of carbonyl (C=O) groups excluding carboxylic acids is 1. The van der Waals surface area contributed by atoms with Crippen LogP contribution >= 0.6 is 0 Å². The number of carbonyl (C=O) groups is 1. The highest BCUT2D eigenvalue weighted by Gasteiger charge is 2.46. The van der Waals surface area contributed by atoms with Gasteiger partial charge in [0.2, 0.25) is 5.91 Å². The average Bonchev–Trinajstić information content (AvgIpc) is 2.67. The van der Waals surface area contributed by atoms with Gasteiger partial charge in [-0.15, -0.1) is 0 Å². The molecule has 0 aromatic carbocycles. The Bertz CT molecular complexity index is 374. The number of hydrogen-bond acceptors (Lipinski definition) is 3. The minimum Gasteiger partial charge on any atom is -0.338 e. The molecule has 0 unspecified atom stereocenters. The summed E-state index contributed by atoms with van der Waals surface area (Å²) in [6.07, 6.45) is 1.95. The molecule has 2 fully saturated rings. The number of hydrogen-bond donors (Lipinski definition) is 0. The third kappa shape index (κ3) is 1.35. The smallest absolute Gasteiger partial charge is 0.246 e. The molecule has 1 amide bonds. The van der Waals surface area contributed by atoms with Crippen LogP contribution in [0.4, 0.5) is 0 Å². The zero-order valence-electron chi connectivity index (χ0n) is 7.85. The highest BCUT2D eigenvalue weighted by molar-refractivity contribution is 7.92. The number of amides is 1. The fraction of sp³-hybridized carbons (Fsp3) is 0.667. The minimum absolute atomic E-state index is 0.156. The van der Waals surface area contributed by atoms with Gasteiger partial charge in [-0.2, -0.15) is 0 Å². The first-order valence-corrected chi connectivity index (χ1v) is 6.39. The number of nitrogens with zero attached hydrogens (tertiary/aromatic N) is 1. The van der Waals surface area contributed by atoms with Crippen LogP contribution in [-0.4, -0.2) is 43.3 Å². The van der Waals surface area contributed by atoms with E-state index in [1.807, 2.05) is 0 Å². The molecule has 2 atom stereocenters. The van der Waals surface area contributed by atoms with Gasteiger partial charge in [0, 0.05) is 13.1 Å². The highest BCUT2D eigenvalue weighted by atomic mass is 32.2.